The van der Waals surface area contributed by atoms with Crippen LogP contribution in [0.1, 0.15) is 22.3 Å². The predicted molar refractivity (Wildman–Crippen MR) is 576 cm³/mol. The summed E-state index contributed by atoms with van der Waals surface area (Å²) in [5.74, 6) is 2.85. The Morgan fingerprint density at radius 3 is 1.04 bits per heavy atom. The van der Waals surface area contributed by atoms with Crippen LogP contribution in [0.3, 0.4) is 0 Å². The highest BCUT2D eigenvalue weighted by Gasteiger charge is 2.33. The molecule has 654 valence electrons. The van der Waals surface area contributed by atoms with Crippen molar-refractivity contribution < 1.29 is 18.3 Å². The molecule has 0 radical (unpaired) electrons. The number of hydrogen-bond donors (Lipinski definition) is 0. The summed E-state index contributed by atoms with van der Waals surface area (Å²) in [7, 11) is 0. The number of benzene rings is 23. The second-order valence-corrected chi connectivity index (χ2v) is 36.2. The van der Waals surface area contributed by atoms with Gasteiger partial charge >= 0.3 is 0 Å². The molecule has 23 aromatic carbocycles. The van der Waals surface area contributed by atoms with Crippen LogP contribution in [0.15, 0.2) is 472 Å². The summed E-state index contributed by atoms with van der Waals surface area (Å²) in [5, 5.41) is 16.1. The lowest BCUT2D eigenvalue weighted by atomic mass is 9.87. The lowest BCUT2D eigenvalue weighted by Gasteiger charge is -2.31. The highest BCUT2D eigenvalue weighted by atomic mass is 19.1. The molecule has 0 bridgehead atoms. The molecule has 0 fully saturated rings. The Morgan fingerprint density at radius 2 is 0.558 bits per heavy atom. The van der Waals surface area contributed by atoms with E-state index in [9.17, 15) is 0 Å². The van der Waals surface area contributed by atoms with Crippen LogP contribution in [0.4, 0.5) is 72.6 Å². The van der Waals surface area contributed by atoms with E-state index in [4.69, 9.17) is 13.9 Å². The zero-order valence-electron chi connectivity index (χ0n) is 76.3. The molecule has 7 nitrogen and oxygen atoms in total. The maximum Gasteiger partial charge on any atom is 0.159 e. The Balaban J connectivity index is 0.000000147. The molecule has 2 aliphatic rings. The van der Waals surface area contributed by atoms with Gasteiger partial charge in [-0.05, 0) is 266 Å². The van der Waals surface area contributed by atoms with E-state index in [1.807, 2.05) is 108 Å². The minimum Gasteiger partial charge on any atom is -0.456 e. The second kappa shape index (κ2) is 34.0. The molecule has 8 heteroatoms. The van der Waals surface area contributed by atoms with E-state index in [-0.39, 0.29) is 5.82 Å². The third-order valence-electron chi connectivity index (χ3n) is 27.4. The van der Waals surface area contributed by atoms with Crippen LogP contribution in [0.5, 0.6) is 23.0 Å². The molecule has 0 spiro atoms. The SMILES string of the molecule is Cc1ccc2c(N(c3ccccc3)c3ccccc3-c3ccccc3)cc3c4cc(C)cc5c4c(cc3c2c1)-c1ccc(N(c2ccccc2)c2c(F)cc(-c3ccccc3)cc2-c2ccccc2)cc1O5.Cc1ccc2c(N(c3ccccc3)c3ccccc3-c3ccccc3)cc3c4cc(C)cc5c4c(cc3c2c1)-c1ccc(N(c2ccccc2)c2cccc3c2oc2ccccc23)cc1O5. The number of aryl methyl sites for hydroxylation is 4. The van der Waals surface area contributed by atoms with Crippen molar-refractivity contribution in [2.75, 3.05) is 19.6 Å². The monoisotopic (exact) mass is 1770 g/mol. The molecule has 0 aliphatic carbocycles. The summed E-state index contributed by atoms with van der Waals surface area (Å²) in [6, 6.07) is 165. The quantitative estimate of drug-likeness (QED) is 0.0893. The Kier molecular flexibility index (Phi) is 20.2. The number of rotatable bonds is 16. The van der Waals surface area contributed by atoms with Crippen molar-refractivity contribution in [1.29, 1.82) is 0 Å². The molecule has 0 saturated heterocycles. The number of para-hydroxylation sites is 8. The zero-order chi connectivity index (χ0) is 92.2. The highest BCUT2D eigenvalue weighted by molar-refractivity contribution is 6.28. The number of fused-ring (bicyclic) bond motifs is 15. The fraction of sp³-hybridized carbons (Fsp3) is 0.0308. The Bertz CT molecular complexity index is 8950. The van der Waals surface area contributed by atoms with Crippen molar-refractivity contribution in [3.63, 3.8) is 0 Å². The van der Waals surface area contributed by atoms with Gasteiger partial charge in [0.15, 0.2) is 5.58 Å². The van der Waals surface area contributed by atoms with Gasteiger partial charge in [-0.1, -0.05) is 321 Å². The third kappa shape index (κ3) is 14.3. The van der Waals surface area contributed by atoms with Crippen molar-refractivity contribution in [3.8, 4) is 89.8 Å². The number of halogens is 1. The summed E-state index contributed by atoms with van der Waals surface area (Å²) < 4.78 is 38.3. The Labute approximate surface area is 799 Å². The van der Waals surface area contributed by atoms with Gasteiger partial charge in [-0.15, -0.1) is 0 Å². The van der Waals surface area contributed by atoms with Crippen molar-refractivity contribution in [3.05, 3.63) is 495 Å². The molecule has 0 atom stereocenters. The van der Waals surface area contributed by atoms with Gasteiger partial charge in [0, 0.05) is 95.0 Å². The van der Waals surface area contributed by atoms with E-state index in [1.165, 1.54) is 54.6 Å². The van der Waals surface area contributed by atoms with Crippen LogP contribution in [-0.2, 0) is 0 Å². The van der Waals surface area contributed by atoms with E-state index < -0.39 is 0 Å². The van der Waals surface area contributed by atoms with E-state index in [0.717, 1.165) is 201 Å². The largest absolute Gasteiger partial charge is 0.456 e. The predicted octanol–water partition coefficient (Wildman–Crippen LogP) is 37.7. The Morgan fingerprint density at radius 1 is 0.188 bits per heavy atom. The molecule has 0 unspecified atom stereocenters. The fourth-order valence-electron chi connectivity index (χ4n) is 21.3. The lowest BCUT2D eigenvalue weighted by molar-refractivity contribution is 0.486. The molecule has 3 heterocycles. The number of hydrogen-bond acceptors (Lipinski definition) is 7. The topological polar surface area (TPSA) is 44.6 Å². The van der Waals surface area contributed by atoms with E-state index in [2.05, 4.69) is 400 Å². The molecular formula is C130H89FN4O3. The van der Waals surface area contributed by atoms with Crippen molar-refractivity contribution in [1.82, 2.24) is 0 Å². The first-order valence-corrected chi connectivity index (χ1v) is 47.1. The first kappa shape index (κ1) is 82.1. The number of furan rings is 1. The lowest BCUT2D eigenvalue weighted by Crippen LogP contribution is -2.14. The molecule has 138 heavy (non-hydrogen) atoms. The van der Waals surface area contributed by atoms with Gasteiger partial charge < -0.3 is 33.5 Å². The molecule has 0 amide bonds. The fourth-order valence-corrected chi connectivity index (χ4v) is 21.3. The van der Waals surface area contributed by atoms with Crippen LogP contribution < -0.4 is 29.1 Å². The average molecular weight is 1770 g/mol. The van der Waals surface area contributed by atoms with E-state index in [0.29, 0.717) is 11.4 Å². The molecule has 2 aliphatic heterocycles. The number of nitrogens with zero attached hydrogens (tertiary/aromatic N) is 4. The standard InChI is InChI=1S/C68H47FN2O.C62H42N2O2/c1-44-32-34-54-57(36-44)58-42-61-55-35-33-52(70(50-26-14-6-15-27-50)68-56(48-24-12-5-13-25-48)39-49(40-62(68)69)46-20-8-3-9-21-46)41-65(55)72-66-38-45(2)37-60(67(61)66)59(58)43-64(54)71(51-28-16-7-17-29-51)63-31-19-18-30-53(63)47-22-10-4-11-23-47;1-39-29-31-46-50(33-39)51-37-54-48-32-30-44(63(42-19-8-4-9-20-42)56-27-16-25-49-47-24-13-15-28-58(47)66-62(49)56)36-59(48)65-60-35-40(2)34-53(61(54)60)52(51)38-57(46)64(43-21-10-5-11-22-43)55-26-14-12-23-45(55)41-17-6-3-7-18-41/h3-43H,1-2H3;3-38H,1-2H3. The van der Waals surface area contributed by atoms with Crippen LogP contribution >= 0.6 is 0 Å². The molecule has 26 rings (SSSR count). The summed E-state index contributed by atoms with van der Waals surface area (Å²) in [5.41, 5.74) is 30.3. The zero-order valence-corrected chi connectivity index (χ0v) is 76.3. The Hall–Kier alpha value is -17.9. The summed E-state index contributed by atoms with van der Waals surface area (Å²) in [6.07, 6.45) is 0. The highest BCUT2D eigenvalue weighted by Crippen LogP contribution is 2.59. The smallest absolute Gasteiger partial charge is 0.159 e. The minimum absolute atomic E-state index is 0.328. The van der Waals surface area contributed by atoms with E-state index in [1.54, 1.807) is 6.07 Å². The van der Waals surface area contributed by atoms with Crippen LogP contribution in [0.25, 0.3) is 153 Å². The van der Waals surface area contributed by atoms with Crippen LogP contribution in [-0.4, -0.2) is 0 Å². The third-order valence-corrected chi connectivity index (χ3v) is 27.4. The van der Waals surface area contributed by atoms with E-state index >= 15 is 4.39 Å². The molecule has 1 aromatic heterocycles. The van der Waals surface area contributed by atoms with Crippen LogP contribution in [0.2, 0.25) is 0 Å². The van der Waals surface area contributed by atoms with Crippen molar-refractivity contribution >= 4 is 155 Å². The summed E-state index contributed by atoms with van der Waals surface area (Å²) >= 11 is 0. The van der Waals surface area contributed by atoms with Gasteiger partial charge in [0.2, 0.25) is 0 Å². The molecular weight excluding hydrogens is 1680 g/mol. The number of anilines is 12. The van der Waals surface area contributed by atoms with Crippen molar-refractivity contribution in [2.45, 2.75) is 27.7 Å². The maximum atomic E-state index is 17.4. The van der Waals surface area contributed by atoms with Crippen LogP contribution in [0, 0.1) is 33.5 Å². The summed E-state index contributed by atoms with van der Waals surface area (Å²) in [6.45, 7) is 8.69. The van der Waals surface area contributed by atoms with Gasteiger partial charge in [0.25, 0.3) is 0 Å². The van der Waals surface area contributed by atoms with Gasteiger partial charge in [-0.2, -0.15) is 0 Å². The molecule has 0 saturated carbocycles. The van der Waals surface area contributed by atoms with Gasteiger partial charge in [0.1, 0.15) is 34.4 Å². The van der Waals surface area contributed by atoms with Crippen molar-refractivity contribution in [2.24, 2.45) is 0 Å². The van der Waals surface area contributed by atoms with Gasteiger partial charge in [-0.25, -0.2) is 4.39 Å². The van der Waals surface area contributed by atoms with Gasteiger partial charge in [0.05, 0.1) is 45.5 Å². The maximum absolute atomic E-state index is 17.4. The average Bonchev–Trinajstić information content (AvgIpc) is 0.822. The first-order valence-electron chi connectivity index (χ1n) is 47.1. The van der Waals surface area contributed by atoms with Gasteiger partial charge in [-0.3, -0.25) is 0 Å². The molecule has 0 N–H and O–H groups in total. The molecule has 24 aromatic rings. The first-order chi connectivity index (χ1) is 68.0. The number of ether oxygens (including phenoxy) is 2. The second-order valence-electron chi connectivity index (χ2n) is 36.2. The summed E-state index contributed by atoms with van der Waals surface area (Å²) in [4.78, 5) is 9.18. The normalized spacial score (nSPS) is 11.8. The minimum atomic E-state index is -0.328.